The standard InChI is InChI=1S/C20H26N2OS/c1-12-16-17(20(5,18(21)23)11-19(16,3)4)13(2)22(12)14-8-7-9-15(10-14)24-6/h7-10H,11H2,1-6H3,(H2,21,23). The van der Waals surface area contributed by atoms with E-state index < -0.39 is 5.41 Å². The van der Waals surface area contributed by atoms with Crippen molar-refractivity contribution in [1.29, 1.82) is 0 Å². The van der Waals surface area contributed by atoms with Crippen LogP contribution in [0.2, 0.25) is 0 Å². The summed E-state index contributed by atoms with van der Waals surface area (Å²) in [5.41, 5.74) is 11.1. The van der Waals surface area contributed by atoms with Gasteiger partial charge in [0.05, 0.1) is 5.41 Å². The maximum Gasteiger partial charge on any atom is 0.227 e. The highest BCUT2D eigenvalue weighted by atomic mass is 32.2. The Bertz CT molecular complexity index is 834. The van der Waals surface area contributed by atoms with Crippen molar-refractivity contribution in [2.45, 2.75) is 56.8 Å². The molecule has 2 aromatic rings. The molecule has 0 bridgehead atoms. The van der Waals surface area contributed by atoms with Crippen LogP contribution in [0.3, 0.4) is 0 Å². The Morgan fingerprint density at radius 2 is 1.79 bits per heavy atom. The van der Waals surface area contributed by atoms with Gasteiger partial charge < -0.3 is 10.3 Å². The minimum atomic E-state index is -0.601. The van der Waals surface area contributed by atoms with Crippen LogP contribution >= 0.6 is 11.8 Å². The van der Waals surface area contributed by atoms with Crippen LogP contribution in [-0.4, -0.2) is 16.7 Å². The highest BCUT2D eigenvalue weighted by Gasteiger charge is 2.52. The van der Waals surface area contributed by atoms with Crippen molar-refractivity contribution in [3.05, 3.63) is 46.8 Å². The average molecular weight is 343 g/mol. The van der Waals surface area contributed by atoms with Gasteiger partial charge in [-0.2, -0.15) is 0 Å². The predicted octanol–water partition coefficient (Wildman–Crippen LogP) is 4.24. The number of benzene rings is 1. The molecule has 1 aliphatic carbocycles. The Hall–Kier alpha value is -1.68. The first-order chi connectivity index (χ1) is 11.1. The van der Waals surface area contributed by atoms with Crippen molar-refractivity contribution in [3.8, 4) is 5.69 Å². The van der Waals surface area contributed by atoms with Gasteiger partial charge in [-0.3, -0.25) is 4.79 Å². The third kappa shape index (κ3) is 2.23. The van der Waals surface area contributed by atoms with Gasteiger partial charge in [-0.05, 0) is 68.2 Å². The third-order valence-electron chi connectivity index (χ3n) is 5.52. The normalized spacial score (nSPS) is 21.8. The lowest BCUT2D eigenvalue weighted by Gasteiger charge is -2.27. The molecule has 0 aliphatic heterocycles. The van der Waals surface area contributed by atoms with Gasteiger partial charge in [0.25, 0.3) is 0 Å². The van der Waals surface area contributed by atoms with E-state index in [0.717, 1.165) is 23.4 Å². The number of amides is 1. The van der Waals surface area contributed by atoms with Crippen LogP contribution in [0, 0.1) is 13.8 Å². The number of nitrogens with zero attached hydrogens (tertiary/aromatic N) is 1. The zero-order chi connectivity index (χ0) is 17.9. The van der Waals surface area contributed by atoms with Crippen molar-refractivity contribution < 1.29 is 4.79 Å². The van der Waals surface area contributed by atoms with E-state index in [1.54, 1.807) is 11.8 Å². The van der Waals surface area contributed by atoms with Crippen molar-refractivity contribution in [3.63, 3.8) is 0 Å². The number of nitrogens with two attached hydrogens (primary N) is 1. The zero-order valence-corrected chi connectivity index (χ0v) is 16.2. The number of primary amides is 1. The Kier molecular flexibility index (Phi) is 3.87. The van der Waals surface area contributed by atoms with Crippen LogP contribution in [0.25, 0.3) is 5.69 Å². The monoisotopic (exact) mass is 342 g/mol. The summed E-state index contributed by atoms with van der Waals surface area (Å²) in [6.07, 6.45) is 2.86. The van der Waals surface area contributed by atoms with E-state index in [9.17, 15) is 4.79 Å². The number of fused-ring (bicyclic) bond motifs is 1. The largest absolute Gasteiger partial charge is 0.369 e. The minimum Gasteiger partial charge on any atom is -0.369 e. The van der Waals surface area contributed by atoms with Crippen LogP contribution in [0.1, 0.15) is 49.7 Å². The van der Waals surface area contributed by atoms with Crippen LogP contribution in [0.4, 0.5) is 0 Å². The highest BCUT2D eigenvalue weighted by molar-refractivity contribution is 7.98. The Labute approximate surface area is 148 Å². The maximum atomic E-state index is 12.3. The second-order valence-electron chi connectivity index (χ2n) is 7.71. The summed E-state index contributed by atoms with van der Waals surface area (Å²) < 4.78 is 2.28. The second-order valence-corrected chi connectivity index (χ2v) is 8.59. The van der Waals surface area contributed by atoms with Gasteiger partial charge in [0.2, 0.25) is 5.91 Å². The van der Waals surface area contributed by atoms with Gasteiger partial charge in [-0.1, -0.05) is 19.9 Å². The lowest BCUT2D eigenvalue weighted by molar-refractivity contribution is -0.123. The third-order valence-corrected chi connectivity index (χ3v) is 6.25. The number of rotatable bonds is 3. The first-order valence-corrected chi connectivity index (χ1v) is 9.53. The lowest BCUT2D eigenvalue weighted by atomic mass is 9.79. The quantitative estimate of drug-likeness (QED) is 0.848. The van der Waals surface area contributed by atoms with Crippen LogP contribution in [-0.2, 0) is 15.6 Å². The summed E-state index contributed by atoms with van der Waals surface area (Å²) in [6.45, 7) is 10.7. The van der Waals surface area contributed by atoms with E-state index >= 15 is 0 Å². The molecule has 4 heteroatoms. The molecule has 1 atom stereocenters. The van der Waals surface area contributed by atoms with Gasteiger partial charge in [0, 0.05) is 22.0 Å². The summed E-state index contributed by atoms with van der Waals surface area (Å²) in [6, 6.07) is 8.54. The van der Waals surface area contributed by atoms with E-state index in [4.69, 9.17) is 5.73 Å². The van der Waals surface area contributed by atoms with E-state index in [-0.39, 0.29) is 11.3 Å². The zero-order valence-electron chi connectivity index (χ0n) is 15.4. The summed E-state index contributed by atoms with van der Waals surface area (Å²) >= 11 is 1.74. The van der Waals surface area contributed by atoms with Gasteiger partial charge in [-0.15, -0.1) is 11.8 Å². The Morgan fingerprint density at radius 1 is 1.17 bits per heavy atom. The summed E-state index contributed by atoms with van der Waals surface area (Å²) in [5.74, 6) is -0.229. The molecule has 1 amide bonds. The number of aromatic nitrogens is 1. The van der Waals surface area contributed by atoms with Gasteiger partial charge >= 0.3 is 0 Å². The molecule has 2 N–H and O–H groups in total. The fraction of sp³-hybridized carbons (Fsp3) is 0.450. The van der Waals surface area contributed by atoms with Crippen molar-refractivity contribution in [1.82, 2.24) is 4.57 Å². The smallest absolute Gasteiger partial charge is 0.227 e. The molecule has 1 aromatic carbocycles. The summed E-state index contributed by atoms with van der Waals surface area (Å²) in [5, 5.41) is 0. The fourth-order valence-electron chi connectivity index (χ4n) is 4.75. The number of hydrogen-bond acceptors (Lipinski definition) is 2. The Morgan fingerprint density at radius 3 is 2.38 bits per heavy atom. The lowest BCUT2D eigenvalue weighted by Crippen LogP contribution is -2.38. The number of hydrogen-bond donors (Lipinski definition) is 1. The van der Waals surface area contributed by atoms with Gasteiger partial charge in [0.15, 0.2) is 0 Å². The summed E-state index contributed by atoms with van der Waals surface area (Å²) in [4.78, 5) is 13.5. The van der Waals surface area contributed by atoms with Crippen LogP contribution in [0.5, 0.6) is 0 Å². The molecule has 0 spiro atoms. The second kappa shape index (κ2) is 5.41. The molecule has 24 heavy (non-hydrogen) atoms. The van der Waals surface area contributed by atoms with Crippen molar-refractivity contribution in [2.75, 3.05) is 6.26 Å². The Balaban J connectivity index is 2.32. The highest BCUT2D eigenvalue weighted by Crippen LogP contribution is 2.53. The topological polar surface area (TPSA) is 48.0 Å². The SMILES string of the molecule is CSc1cccc(-n2c(C)c3c(c2C)C(C)(C(N)=O)CC3(C)C)c1. The molecular weight excluding hydrogens is 316 g/mol. The maximum absolute atomic E-state index is 12.3. The fourth-order valence-corrected chi connectivity index (χ4v) is 5.20. The minimum absolute atomic E-state index is 0.0592. The first-order valence-electron chi connectivity index (χ1n) is 8.30. The molecule has 0 saturated heterocycles. The van der Waals surface area contributed by atoms with Crippen molar-refractivity contribution >= 4 is 17.7 Å². The molecule has 1 aromatic heterocycles. The van der Waals surface area contributed by atoms with Crippen molar-refractivity contribution in [2.24, 2.45) is 5.73 Å². The molecule has 1 unspecified atom stereocenters. The number of thioether (sulfide) groups is 1. The molecule has 128 valence electrons. The van der Waals surface area contributed by atoms with Gasteiger partial charge in [0.1, 0.15) is 0 Å². The molecule has 1 heterocycles. The molecule has 3 rings (SSSR count). The van der Waals surface area contributed by atoms with Gasteiger partial charge in [-0.25, -0.2) is 0 Å². The summed E-state index contributed by atoms with van der Waals surface area (Å²) in [7, 11) is 0. The average Bonchev–Trinajstić information content (AvgIpc) is 2.91. The molecule has 3 nitrogen and oxygen atoms in total. The molecule has 0 fully saturated rings. The van der Waals surface area contributed by atoms with E-state index in [2.05, 4.69) is 62.8 Å². The van der Waals surface area contributed by atoms with Crippen LogP contribution < -0.4 is 5.73 Å². The van der Waals surface area contributed by atoms with E-state index in [1.807, 2.05) is 6.92 Å². The first kappa shape index (κ1) is 17.2. The number of carbonyl (C=O) groups is 1. The molecule has 1 aliphatic rings. The molecular formula is C20H26N2OS. The van der Waals surface area contributed by atoms with E-state index in [1.165, 1.54) is 16.2 Å². The molecule has 0 radical (unpaired) electrons. The number of carbonyl (C=O) groups excluding carboxylic acids is 1. The van der Waals surface area contributed by atoms with Crippen LogP contribution in [0.15, 0.2) is 29.2 Å². The molecule has 0 saturated carbocycles. The van der Waals surface area contributed by atoms with E-state index in [0.29, 0.717) is 0 Å². The predicted molar refractivity (Wildman–Crippen MR) is 101 cm³/mol.